The normalized spacial score (nSPS) is 11.2. The van der Waals surface area contributed by atoms with Crippen LogP contribution in [0.4, 0.5) is 5.69 Å². The van der Waals surface area contributed by atoms with Gasteiger partial charge in [-0.2, -0.15) is 0 Å². The van der Waals surface area contributed by atoms with Crippen molar-refractivity contribution < 1.29 is 29.7 Å². The van der Waals surface area contributed by atoms with E-state index in [9.17, 15) is 15.2 Å². The summed E-state index contributed by atoms with van der Waals surface area (Å²) in [5.41, 5.74) is -0.0637. The Morgan fingerprint density at radius 3 is 2.32 bits per heavy atom. The first-order valence-electron chi connectivity index (χ1n) is 6.81. The topological polar surface area (TPSA) is 122 Å². The molecule has 0 spiro atoms. The van der Waals surface area contributed by atoms with Crippen molar-refractivity contribution >= 4 is 5.69 Å². The molecule has 0 radical (unpaired) electrons. The number of aliphatic hydroxyl groups is 3. The summed E-state index contributed by atoms with van der Waals surface area (Å²) < 4.78 is 10.4. The van der Waals surface area contributed by atoms with Crippen LogP contribution in [0.15, 0.2) is 12.1 Å². The van der Waals surface area contributed by atoms with E-state index in [1.807, 2.05) is 0 Å². The predicted octanol–water partition coefficient (Wildman–Crippen LogP) is 1.42. The molecule has 0 aliphatic carbocycles. The minimum atomic E-state index is -0.985. The van der Waals surface area contributed by atoms with Gasteiger partial charge in [0, 0.05) is 19.6 Å². The molecule has 8 heteroatoms. The van der Waals surface area contributed by atoms with Crippen LogP contribution in [-0.2, 0) is 0 Å². The number of hydrogen-bond donors (Lipinski definition) is 3. The summed E-state index contributed by atoms with van der Waals surface area (Å²) in [5, 5.41) is 36.8. The average Bonchev–Trinajstić information content (AvgIpc) is 2.47. The first-order valence-corrected chi connectivity index (χ1v) is 6.81. The molecule has 0 saturated heterocycles. The molecule has 0 aliphatic rings. The second kappa shape index (κ2) is 10.8. The maximum absolute atomic E-state index is 11.0. The van der Waals surface area contributed by atoms with Gasteiger partial charge in [0.1, 0.15) is 0 Å². The number of rotatable bonds is 7. The Morgan fingerprint density at radius 2 is 1.91 bits per heavy atom. The van der Waals surface area contributed by atoms with E-state index >= 15 is 0 Å². The van der Waals surface area contributed by atoms with Gasteiger partial charge in [-0.1, -0.05) is 0 Å². The monoisotopic (exact) mass is 317 g/mol. The van der Waals surface area contributed by atoms with Crippen LogP contribution < -0.4 is 9.47 Å². The van der Waals surface area contributed by atoms with Crippen molar-refractivity contribution in [1.29, 1.82) is 0 Å². The number of ether oxygens (including phenoxy) is 2. The van der Waals surface area contributed by atoms with E-state index in [1.165, 1.54) is 26.2 Å². The van der Waals surface area contributed by atoms with E-state index in [0.29, 0.717) is 12.2 Å². The zero-order chi connectivity index (χ0) is 17.1. The molecular formula is C14H23NO7. The van der Waals surface area contributed by atoms with Gasteiger partial charge in [0.25, 0.3) is 5.69 Å². The first-order chi connectivity index (χ1) is 10.4. The van der Waals surface area contributed by atoms with Crippen LogP contribution in [0.25, 0.3) is 0 Å². The van der Waals surface area contributed by atoms with Crippen molar-refractivity contribution in [3.8, 4) is 11.5 Å². The third-order valence-corrected chi connectivity index (χ3v) is 2.52. The van der Waals surface area contributed by atoms with Gasteiger partial charge in [0.05, 0.1) is 36.4 Å². The van der Waals surface area contributed by atoms with Crippen molar-refractivity contribution in [3.63, 3.8) is 0 Å². The van der Waals surface area contributed by atoms with Gasteiger partial charge in [-0.25, -0.2) is 0 Å². The van der Waals surface area contributed by atoms with Gasteiger partial charge in [0.15, 0.2) is 11.5 Å². The highest BCUT2D eigenvalue weighted by Crippen LogP contribution is 2.37. The predicted molar refractivity (Wildman–Crippen MR) is 80.2 cm³/mol. The maximum atomic E-state index is 11.0. The van der Waals surface area contributed by atoms with Gasteiger partial charge in [-0.05, 0) is 19.9 Å². The molecule has 1 rings (SSSR count). The van der Waals surface area contributed by atoms with Crippen molar-refractivity contribution in [2.75, 3.05) is 26.9 Å². The minimum absolute atomic E-state index is 0.0316. The summed E-state index contributed by atoms with van der Waals surface area (Å²) in [4.78, 5) is 10.4. The second-order valence-electron chi connectivity index (χ2n) is 4.24. The van der Waals surface area contributed by atoms with Gasteiger partial charge >= 0.3 is 0 Å². The van der Waals surface area contributed by atoms with Crippen LogP contribution in [0, 0.1) is 10.1 Å². The summed E-state index contributed by atoms with van der Waals surface area (Å²) in [6, 6.07) is 2.61. The summed E-state index contributed by atoms with van der Waals surface area (Å²) in [6.07, 6.45) is -0.574. The standard InChI is InChI=1S/C12H17NO6.C2H6O/c1-8(15)9-6-11(18-2)12(19-5-3-4-14)7-10(9)13(16)17;1-2-3/h6-8,14-15H,3-5H2,1-2H3;3H,2H2,1H3. The third kappa shape index (κ3) is 6.25. The molecule has 1 atom stereocenters. The second-order valence-corrected chi connectivity index (χ2v) is 4.24. The zero-order valence-electron chi connectivity index (χ0n) is 13.0. The Kier molecular flexibility index (Phi) is 9.84. The van der Waals surface area contributed by atoms with Crippen molar-refractivity contribution in [2.24, 2.45) is 0 Å². The van der Waals surface area contributed by atoms with Crippen LogP contribution >= 0.6 is 0 Å². The van der Waals surface area contributed by atoms with Crippen molar-refractivity contribution in [2.45, 2.75) is 26.4 Å². The maximum Gasteiger partial charge on any atom is 0.279 e. The van der Waals surface area contributed by atoms with E-state index in [4.69, 9.17) is 19.7 Å². The van der Waals surface area contributed by atoms with Crippen LogP contribution in [0.5, 0.6) is 11.5 Å². The molecular weight excluding hydrogens is 294 g/mol. The highest BCUT2D eigenvalue weighted by molar-refractivity contribution is 5.55. The Bertz CT molecular complexity index is 463. The van der Waals surface area contributed by atoms with E-state index in [1.54, 1.807) is 6.92 Å². The smallest absolute Gasteiger partial charge is 0.279 e. The molecule has 0 amide bonds. The number of nitrogens with zero attached hydrogens (tertiary/aromatic N) is 1. The zero-order valence-corrected chi connectivity index (χ0v) is 13.0. The Morgan fingerprint density at radius 1 is 1.32 bits per heavy atom. The van der Waals surface area contributed by atoms with Crippen LogP contribution in [-0.4, -0.2) is 47.2 Å². The van der Waals surface area contributed by atoms with Gasteiger partial charge in [0.2, 0.25) is 0 Å². The molecule has 1 aromatic carbocycles. The molecule has 0 fully saturated rings. The fourth-order valence-electron chi connectivity index (χ4n) is 1.58. The molecule has 1 unspecified atom stereocenters. The lowest BCUT2D eigenvalue weighted by Crippen LogP contribution is -2.05. The quantitative estimate of drug-likeness (QED) is 0.395. The molecule has 0 bridgehead atoms. The van der Waals surface area contributed by atoms with E-state index in [-0.39, 0.29) is 36.8 Å². The summed E-state index contributed by atoms with van der Waals surface area (Å²) in [6.45, 7) is 3.56. The average molecular weight is 317 g/mol. The fourth-order valence-corrected chi connectivity index (χ4v) is 1.58. The Hall–Kier alpha value is -1.90. The largest absolute Gasteiger partial charge is 0.493 e. The van der Waals surface area contributed by atoms with Crippen molar-refractivity contribution in [1.82, 2.24) is 0 Å². The fraction of sp³-hybridized carbons (Fsp3) is 0.571. The van der Waals surface area contributed by atoms with Crippen LogP contribution in [0.3, 0.4) is 0 Å². The highest BCUT2D eigenvalue weighted by Gasteiger charge is 2.22. The third-order valence-electron chi connectivity index (χ3n) is 2.52. The number of methoxy groups -OCH3 is 1. The van der Waals surface area contributed by atoms with E-state index < -0.39 is 11.0 Å². The molecule has 3 N–H and O–H groups in total. The highest BCUT2D eigenvalue weighted by atomic mass is 16.6. The molecule has 0 heterocycles. The molecule has 22 heavy (non-hydrogen) atoms. The Balaban J connectivity index is 0.00000135. The molecule has 8 nitrogen and oxygen atoms in total. The number of nitro groups is 1. The number of nitro benzene ring substituents is 1. The van der Waals surface area contributed by atoms with Gasteiger partial charge in [-0.3, -0.25) is 10.1 Å². The molecule has 126 valence electrons. The number of aliphatic hydroxyl groups excluding tert-OH is 3. The molecule has 0 aromatic heterocycles. The lowest BCUT2D eigenvalue weighted by atomic mass is 10.1. The summed E-state index contributed by atoms with van der Waals surface area (Å²) >= 11 is 0. The summed E-state index contributed by atoms with van der Waals surface area (Å²) in [5.74, 6) is 0.520. The SMILES string of the molecule is CCO.COc1cc(C(C)O)c([N+](=O)[O-])cc1OCCCO. The Labute approximate surface area is 129 Å². The van der Waals surface area contributed by atoms with Gasteiger partial charge in [-0.15, -0.1) is 0 Å². The van der Waals surface area contributed by atoms with Crippen LogP contribution in [0.1, 0.15) is 31.9 Å². The van der Waals surface area contributed by atoms with E-state index in [2.05, 4.69) is 0 Å². The van der Waals surface area contributed by atoms with Crippen molar-refractivity contribution in [3.05, 3.63) is 27.8 Å². The molecule has 1 aromatic rings. The van der Waals surface area contributed by atoms with Gasteiger partial charge < -0.3 is 24.8 Å². The van der Waals surface area contributed by atoms with E-state index in [0.717, 1.165) is 0 Å². The number of hydrogen-bond acceptors (Lipinski definition) is 7. The lowest BCUT2D eigenvalue weighted by molar-refractivity contribution is -0.386. The lowest BCUT2D eigenvalue weighted by Gasteiger charge is -2.13. The van der Waals surface area contributed by atoms with Crippen LogP contribution in [0.2, 0.25) is 0 Å². The first kappa shape index (κ1) is 20.1. The molecule has 0 aliphatic heterocycles. The number of benzene rings is 1. The minimum Gasteiger partial charge on any atom is -0.493 e. The molecule has 0 saturated carbocycles. The summed E-state index contributed by atoms with van der Waals surface area (Å²) in [7, 11) is 1.41.